The van der Waals surface area contributed by atoms with E-state index in [1.807, 2.05) is 19.1 Å². The minimum atomic E-state index is -2.93. The van der Waals surface area contributed by atoms with E-state index in [1.165, 1.54) is 19.3 Å². The minimum absolute atomic E-state index is 0. The Morgan fingerprint density at radius 1 is 1.16 bits per heavy atom. The van der Waals surface area contributed by atoms with Crippen molar-refractivity contribution in [3.05, 3.63) is 47.9 Å². The second kappa shape index (κ2) is 14.4. The number of aliphatic hydroxyl groups is 1. The van der Waals surface area contributed by atoms with Crippen molar-refractivity contribution in [1.82, 2.24) is 10.6 Å². The number of anilines is 2. The van der Waals surface area contributed by atoms with Crippen LogP contribution in [0.1, 0.15) is 68.0 Å². The maximum atomic E-state index is 13.5. The molecule has 1 amide bonds. The van der Waals surface area contributed by atoms with Crippen LogP contribution in [-0.4, -0.2) is 63.7 Å². The van der Waals surface area contributed by atoms with Gasteiger partial charge in [-0.15, -0.1) is 23.2 Å². The standard InChI is InChI=1S/C27H42N4O5S.ClH/c1-2-28-22-15-20(16-23(17-22)31-12-6-7-14-37(31,34)35)27(33)30-25(18-24-11-8-13-36-24)26(32)19-29-21-9-4-3-5-10-21;/h8,11,13,15-17,21,25-26,28-29,32,34-35H,2-7,9-10,12,14,18-19H2,1H3,(H,30,33);1H/t25-,26+;/m0./s1. The fourth-order valence-electron chi connectivity index (χ4n) is 5.21. The molecule has 1 saturated carbocycles. The fourth-order valence-corrected chi connectivity index (χ4v) is 6.89. The van der Waals surface area contributed by atoms with Gasteiger partial charge in [0.2, 0.25) is 0 Å². The van der Waals surface area contributed by atoms with Crippen molar-refractivity contribution >= 4 is 40.5 Å². The van der Waals surface area contributed by atoms with Crippen LogP contribution in [0.15, 0.2) is 41.0 Å². The lowest BCUT2D eigenvalue weighted by Gasteiger charge is -2.47. The van der Waals surface area contributed by atoms with Crippen LogP contribution in [0.25, 0.3) is 0 Å². The molecule has 2 fully saturated rings. The molecule has 4 rings (SSSR count). The maximum Gasteiger partial charge on any atom is 0.251 e. The zero-order chi connectivity index (χ0) is 26.3. The van der Waals surface area contributed by atoms with Crippen LogP contribution in [-0.2, 0) is 6.42 Å². The van der Waals surface area contributed by atoms with E-state index in [0.29, 0.717) is 54.9 Å². The number of halogens is 1. The van der Waals surface area contributed by atoms with Crippen molar-refractivity contribution in [2.24, 2.45) is 0 Å². The second-order valence-electron chi connectivity index (χ2n) is 10.1. The molecule has 38 heavy (non-hydrogen) atoms. The first-order valence-corrected chi connectivity index (χ1v) is 15.2. The van der Waals surface area contributed by atoms with Crippen LogP contribution < -0.4 is 20.3 Å². The molecule has 1 aliphatic heterocycles. The number of furan rings is 1. The van der Waals surface area contributed by atoms with Crippen LogP contribution in [0.5, 0.6) is 0 Å². The summed E-state index contributed by atoms with van der Waals surface area (Å²) in [6.07, 6.45) is 8.64. The van der Waals surface area contributed by atoms with Gasteiger partial charge in [-0.25, -0.2) is 0 Å². The van der Waals surface area contributed by atoms with E-state index < -0.39 is 22.9 Å². The Morgan fingerprint density at radius 2 is 1.95 bits per heavy atom. The SMILES string of the molecule is CCNc1cc(C(=O)N[C@@H](Cc2ccco2)[C@H](O)CNC2CCCCC2)cc(N2CCCCS2(O)O)c1.Cl. The van der Waals surface area contributed by atoms with Crippen molar-refractivity contribution in [1.29, 1.82) is 0 Å². The Kier molecular flexibility index (Phi) is 11.6. The van der Waals surface area contributed by atoms with E-state index in [1.54, 1.807) is 28.8 Å². The Labute approximate surface area is 233 Å². The Bertz CT molecular complexity index is 1000. The topological polar surface area (TPSA) is 130 Å². The summed E-state index contributed by atoms with van der Waals surface area (Å²) in [5.41, 5.74) is 1.73. The predicted molar refractivity (Wildman–Crippen MR) is 157 cm³/mol. The molecule has 9 nitrogen and oxygen atoms in total. The normalized spacial score (nSPS) is 20.2. The van der Waals surface area contributed by atoms with Crippen molar-refractivity contribution in [3.8, 4) is 0 Å². The maximum absolute atomic E-state index is 13.5. The number of aliphatic hydroxyl groups excluding tert-OH is 1. The zero-order valence-corrected chi connectivity index (χ0v) is 23.7. The summed E-state index contributed by atoms with van der Waals surface area (Å²) in [5.74, 6) is 0.680. The van der Waals surface area contributed by atoms with Crippen molar-refractivity contribution in [2.45, 2.75) is 76.5 Å². The first kappa shape index (κ1) is 30.6. The summed E-state index contributed by atoms with van der Waals surface area (Å²) in [6.45, 7) is 3.53. The Balaban J connectivity index is 0.00000400. The third-order valence-corrected chi connectivity index (χ3v) is 9.17. The van der Waals surface area contributed by atoms with E-state index in [-0.39, 0.29) is 18.3 Å². The van der Waals surface area contributed by atoms with Gasteiger partial charge in [-0.3, -0.25) is 18.2 Å². The molecule has 2 aliphatic rings. The van der Waals surface area contributed by atoms with Crippen LogP contribution in [0.2, 0.25) is 0 Å². The van der Waals surface area contributed by atoms with E-state index >= 15 is 0 Å². The smallest absolute Gasteiger partial charge is 0.251 e. The summed E-state index contributed by atoms with van der Waals surface area (Å²) in [7, 11) is -2.93. The van der Waals surface area contributed by atoms with Gasteiger partial charge >= 0.3 is 0 Å². The van der Waals surface area contributed by atoms with Gasteiger partial charge in [0, 0.05) is 43.3 Å². The minimum Gasteiger partial charge on any atom is -0.469 e. The highest BCUT2D eigenvalue weighted by molar-refractivity contribution is 8.25. The van der Waals surface area contributed by atoms with Gasteiger partial charge in [-0.2, -0.15) is 0 Å². The van der Waals surface area contributed by atoms with Gasteiger partial charge in [0.1, 0.15) is 5.76 Å². The lowest BCUT2D eigenvalue weighted by Crippen LogP contribution is -2.50. The summed E-state index contributed by atoms with van der Waals surface area (Å²) < 4.78 is 28.5. The molecule has 1 aromatic carbocycles. The monoisotopic (exact) mass is 570 g/mol. The molecule has 214 valence electrons. The summed E-state index contributed by atoms with van der Waals surface area (Å²) in [5, 5.41) is 20.8. The average Bonchev–Trinajstić information content (AvgIpc) is 3.40. The summed E-state index contributed by atoms with van der Waals surface area (Å²) >= 11 is 0. The largest absolute Gasteiger partial charge is 0.469 e. The highest BCUT2D eigenvalue weighted by atomic mass is 35.5. The third-order valence-electron chi connectivity index (χ3n) is 7.23. The molecule has 0 radical (unpaired) electrons. The molecule has 2 heterocycles. The molecule has 1 saturated heterocycles. The van der Waals surface area contributed by atoms with Crippen LogP contribution in [0.4, 0.5) is 11.4 Å². The first-order valence-electron chi connectivity index (χ1n) is 13.5. The van der Waals surface area contributed by atoms with Crippen molar-refractivity contribution < 1.29 is 23.4 Å². The quantitative estimate of drug-likeness (QED) is 0.222. The lowest BCUT2D eigenvalue weighted by molar-refractivity contribution is 0.0814. The zero-order valence-electron chi connectivity index (χ0n) is 22.1. The number of carbonyl (C=O) groups excluding carboxylic acids is 1. The summed E-state index contributed by atoms with van der Waals surface area (Å²) in [4.78, 5) is 13.5. The number of amides is 1. The van der Waals surface area contributed by atoms with E-state index in [2.05, 4.69) is 16.0 Å². The highest BCUT2D eigenvalue weighted by Gasteiger charge is 2.29. The molecular formula is C27H43ClN4O5S. The van der Waals surface area contributed by atoms with Crippen molar-refractivity contribution in [2.75, 3.05) is 35.0 Å². The van der Waals surface area contributed by atoms with E-state index in [4.69, 9.17) is 4.42 Å². The van der Waals surface area contributed by atoms with Crippen molar-refractivity contribution in [3.63, 3.8) is 0 Å². The number of nitrogens with one attached hydrogen (secondary N) is 3. The van der Waals surface area contributed by atoms with Crippen LogP contribution >= 0.6 is 23.2 Å². The molecule has 6 N–H and O–H groups in total. The molecule has 11 heteroatoms. The van der Waals surface area contributed by atoms with Crippen LogP contribution in [0, 0.1) is 0 Å². The van der Waals surface area contributed by atoms with E-state index in [9.17, 15) is 19.0 Å². The molecule has 2 atom stereocenters. The molecular weight excluding hydrogens is 528 g/mol. The van der Waals surface area contributed by atoms with E-state index in [0.717, 1.165) is 31.4 Å². The number of carbonyl (C=O) groups is 1. The highest BCUT2D eigenvalue weighted by Crippen LogP contribution is 2.50. The predicted octanol–water partition coefficient (Wildman–Crippen LogP) is 5.02. The number of hydrogen-bond acceptors (Lipinski definition) is 8. The average molecular weight is 571 g/mol. The number of nitrogens with zero attached hydrogens (tertiary/aromatic N) is 1. The molecule has 0 unspecified atom stereocenters. The van der Waals surface area contributed by atoms with Gasteiger partial charge in [0.25, 0.3) is 5.91 Å². The molecule has 1 aliphatic carbocycles. The van der Waals surface area contributed by atoms with Gasteiger partial charge < -0.3 is 25.5 Å². The molecule has 0 bridgehead atoms. The van der Waals surface area contributed by atoms with Gasteiger partial charge in [0.05, 0.1) is 29.8 Å². The molecule has 2 aromatic rings. The van der Waals surface area contributed by atoms with Crippen LogP contribution in [0.3, 0.4) is 0 Å². The molecule has 0 spiro atoms. The third kappa shape index (κ3) is 8.27. The Morgan fingerprint density at radius 3 is 2.63 bits per heavy atom. The van der Waals surface area contributed by atoms with Gasteiger partial charge in [-0.1, -0.05) is 19.3 Å². The van der Waals surface area contributed by atoms with Gasteiger partial charge in [-0.05, 0) is 62.9 Å². The first-order chi connectivity index (χ1) is 17.9. The fraction of sp³-hybridized carbons (Fsp3) is 0.593. The number of hydrogen-bond donors (Lipinski definition) is 6. The molecule has 1 aromatic heterocycles. The lowest BCUT2D eigenvalue weighted by atomic mass is 9.95. The summed E-state index contributed by atoms with van der Waals surface area (Å²) in [6, 6.07) is 8.78. The van der Waals surface area contributed by atoms with Gasteiger partial charge in [0.15, 0.2) is 0 Å². The second-order valence-corrected chi connectivity index (χ2v) is 12.2. The number of benzene rings is 1. The Hall–Kier alpha value is -1.95. The number of rotatable bonds is 11.